The summed E-state index contributed by atoms with van der Waals surface area (Å²) in [6, 6.07) is 13.2. The highest BCUT2D eigenvalue weighted by molar-refractivity contribution is 5.96. The van der Waals surface area contributed by atoms with E-state index >= 15 is 0 Å². The van der Waals surface area contributed by atoms with Crippen molar-refractivity contribution in [3.8, 4) is 0 Å². The van der Waals surface area contributed by atoms with Gasteiger partial charge in [0, 0.05) is 17.8 Å². The number of hydrogen-bond donors (Lipinski definition) is 3. The van der Waals surface area contributed by atoms with E-state index in [0.29, 0.717) is 17.8 Å². The van der Waals surface area contributed by atoms with Crippen molar-refractivity contribution in [2.45, 2.75) is 13.8 Å². The molecular formula is C16H19N3O. The molecule has 0 saturated heterocycles. The molecule has 4 nitrogen and oxygen atoms in total. The molecule has 4 heteroatoms. The zero-order valence-electron chi connectivity index (χ0n) is 11.7. The number of benzene rings is 2. The summed E-state index contributed by atoms with van der Waals surface area (Å²) in [5.74, 6) is -0.0969. The summed E-state index contributed by atoms with van der Waals surface area (Å²) in [4.78, 5) is 11.8. The predicted octanol–water partition coefficient (Wildman–Crippen LogP) is 3.07. The zero-order chi connectivity index (χ0) is 14.5. The smallest absolute Gasteiger partial charge is 0.251 e. The lowest BCUT2D eigenvalue weighted by molar-refractivity contribution is 0.0956. The molecule has 2 aromatic carbocycles. The summed E-state index contributed by atoms with van der Waals surface area (Å²) in [6.07, 6.45) is 0. The Hall–Kier alpha value is -2.49. The van der Waals surface area contributed by atoms with Gasteiger partial charge in [-0.3, -0.25) is 4.79 Å². The minimum atomic E-state index is -0.0969. The lowest BCUT2D eigenvalue weighted by atomic mass is 10.1. The first-order chi connectivity index (χ1) is 9.61. The molecular weight excluding hydrogens is 250 g/mol. The van der Waals surface area contributed by atoms with E-state index in [1.165, 1.54) is 0 Å². The monoisotopic (exact) mass is 269 g/mol. The number of carbonyl (C=O) groups is 1. The second-order valence-electron chi connectivity index (χ2n) is 4.60. The van der Waals surface area contributed by atoms with E-state index in [9.17, 15) is 4.79 Å². The Morgan fingerprint density at radius 3 is 2.60 bits per heavy atom. The predicted molar refractivity (Wildman–Crippen MR) is 83.3 cm³/mol. The van der Waals surface area contributed by atoms with E-state index in [-0.39, 0.29) is 5.91 Å². The average molecular weight is 269 g/mol. The number of nitrogen functional groups attached to an aromatic ring is 1. The molecule has 0 fully saturated rings. The summed E-state index contributed by atoms with van der Waals surface area (Å²) in [5, 5.41) is 6.05. The van der Waals surface area contributed by atoms with Gasteiger partial charge in [0.15, 0.2) is 0 Å². The minimum absolute atomic E-state index is 0.0969. The van der Waals surface area contributed by atoms with Gasteiger partial charge in [0.1, 0.15) is 0 Å². The summed E-state index contributed by atoms with van der Waals surface area (Å²) in [6.45, 7) is 4.51. The summed E-state index contributed by atoms with van der Waals surface area (Å²) < 4.78 is 0. The number of para-hydroxylation sites is 1. The van der Waals surface area contributed by atoms with Crippen LogP contribution in [-0.2, 0) is 0 Å². The fourth-order valence-corrected chi connectivity index (χ4v) is 1.93. The molecule has 0 radical (unpaired) electrons. The first-order valence-electron chi connectivity index (χ1n) is 6.62. The van der Waals surface area contributed by atoms with Gasteiger partial charge in [-0.05, 0) is 43.7 Å². The Bertz CT molecular complexity index is 623. The van der Waals surface area contributed by atoms with Crippen molar-refractivity contribution in [2.24, 2.45) is 0 Å². The Kier molecular flexibility index (Phi) is 4.25. The third-order valence-corrected chi connectivity index (χ3v) is 3.07. The normalized spacial score (nSPS) is 10.1. The number of hydrogen-bond acceptors (Lipinski definition) is 3. The van der Waals surface area contributed by atoms with Crippen molar-refractivity contribution in [1.82, 2.24) is 5.32 Å². The Labute approximate surface area is 119 Å². The molecule has 0 aliphatic rings. The van der Waals surface area contributed by atoms with Gasteiger partial charge in [0.05, 0.1) is 11.4 Å². The molecule has 2 aromatic rings. The van der Waals surface area contributed by atoms with Crippen LogP contribution in [-0.4, -0.2) is 12.5 Å². The SMILES string of the molecule is CCNC(=O)c1ccc(N)c(Nc2ccccc2C)c1. The third kappa shape index (κ3) is 3.09. The van der Waals surface area contributed by atoms with Crippen LogP contribution in [0.2, 0.25) is 0 Å². The van der Waals surface area contributed by atoms with Crippen LogP contribution in [0.5, 0.6) is 0 Å². The van der Waals surface area contributed by atoms with Gasteiger partial charge in [-0.2, -0.15) is 0 Å². The van der Waals surface area contributed by atoms with Crippen molar-refractivity contribution in [3.63, 3.8) is 0 Å². The quantitative estimate of drug-likeness (QED) is 0.747. The van der Waals surface area contributed by atoms with E-state index in [2.05, 4.69) is 10.6 Å². The molecule has 1 amide bonds. The van der Waals surface area contributed by atoms with E-state index in [0.717, 1.165) is 16.9 Å². The Morgan fingerprint density at radius 1 is 1.15 bits per heavy atom. The molecule has 104 valence electrons. The van der Waals surface area contributed by atoms with Crippen LogP contribution in [0.3, 0.4) is 0 Å². The van der Waals surface area contributed by atoms with Gasteiger partial charge in [-0.1, -0.05) is 18.2 Å². The van der Waals surface area contributed by atoms with E-state index in [1.807, 2.05) is 38.1 Å². The molecule has 0 atom stereocenters. The molecule has 0 heterocycles. The highest BCUT2D eigenvalue weighted by Crippen LogP contribution is 2.26. The largest absolute Gasteiger partial charge is 0.397 e. The second kappa shape index (κ2) is 6.10. The van der Waals surface area contributed by atoms with Gasteiger partial charge in [-0.25, -0.2) is 0 Å². The van der Waals surface area contributed by atoms with Gasteiger partial charge in [0.2, 0.25) is 0 Å². The summed E-state index contributed by atoms with van der Waals surface area (Å²) in [5.41, 5.74) is 10.0. The van der Waals surface area contributed by atoms with E-state index in [4.69, 9.17) is 5.73 Å². The topological polar surface area (TPSA) is 67.2 Å². The standard InChI is InChI=1S/C16H19N3O/c1-3-18-16(20)12-8-9-13(17)15(10-12)19-14-7-5-4-6-11(14)2/h4-10,19H,3,17H2,1-2H3,(H,18,20). The van der Waals surface area contributed by atoms with Gasteiger partial charge in [0.25, 0.3) is 5.91 Å². The van der Waals surface area contributed by atoms with Crippen molar-refractivity contribution in [2.75, 3.05) is 17.6 Å². The fourth-order valence-electron chi connectivity index (χ4n) is 1.93. The minimum Gasteiger partial charge on any atom is -0.397 e. The van der Waals surface area contributed by atoms with Crippen LogP contribution >= 0.6 is 0 Å². The second-order valence-corrected chi connectivity index (χ2v) is 4.60. The van der Waals surface area contributed by atoms with Gasteiger partial charge >= 0.3 is 0 Å². The Balaban J connectivity index is 2.30. The van der Waals surface area contributed by atoms with Gasteiger partial charge < -0.3 is 16.4 Å². The number of aryl methyl sites for hydroxylation is 1. The third-order valence-electron chi connectivity index (χ3n) is 3.07. The molecule has 0 spiro atoms. The molecule has 2 rings (SSSR count). The first-order valence-corrected chi connectivity index (χ1v) is 6.62. The highest BCUT2D eigenvalue weighted by atomic mass is 16.1. The molecule has 0 saturated carbocycles. The zero-order valence-corrected chi connectivity index (χ0v) is 11.7. The average Bonchev–Trinajstić information content (AvgIpc) is 2.44. The molecule has 0 aromatic heterocycles. The maximum atomic E-state index is 11.8. The molecule has 20 heavy (non-hydrogen) atoms. The molecule has 0 aliphatic heterocycles. The van der Waals surface area contributed by atoms with Crippen LogP contribution in [0.25, 0.3) is 0 Å². The number of amides is 1. The van der Waals surface area contributed by atoms with E-state index in [1.54, 1.807) is 18.2 Å². The van der Waals surface area contributed by atoms with Crippen LogP contribution < -0.4 is 16.4 Å². The number of nitrogens with two attached hydrogens (primary N) is 1. The summed E-state index contributed by atoms with van der Waals surface area (Å²) >= 11 is 0. The van der Waals surface area contributed by atoms with E-state index < -0.39 is 0 Å². The molecule has 0 bridgehead atoms. The molecule has 0 unspecified atom stereocenters. The van der Waals surface area contributed by atoms with Crippen molar-refractivity contribution >= 4 is 23.0 Å². The number of nitrogens with one attached hydrogen (secondary N) is 2. The van der Waals surface area contributed by atoms with Crippen LogP contribution in [0, 0.1) is 6.92 Å². The van der Waals surface area contributed by atoms with Crippen LogP contribution in [0.1, 0.15) is 22.8 Å². The highest BCUT2D eigenvalue weighted by Gasteiger charge is 2.08. The molecule has 4 N–H and O–H groups in total. The van der Waals surface area contributed by atoms with Crippen LogP contribution in [0.4, 0.5) is 17.1 Å². The maximum absolute atomic E-state index is 11.8. The number of anilines is 3. The van der Waals surface area contributed by atoms with Crippen molar-refractivity contribution in [3.05, 3.63) is 53.6 Å². The van der Waals surface area contributed by atoms with Crippen molar-refractivity contribution in [1.29, 1.82) is 0 Å². The lowest BCUT2D eigenvalue weighted by Gasteiger charge is -2.13. The lowest BCUT2D eigenvalue weighted by Crippen LogP contribution is -2.22. The Morgan fingerprint density at radius 2 is 1.90 bits per heavy atom. The van der Waals surface area contributed by atoms with Gasteiger partial charge in [-0.15, -0.1) is 0 Å². The molecule has 0 aliphatic carbocycles. The van der Waals surface area contributed by atoms with Crippen LogP contribution in [0.15, 0.2) is 42.5 Å². The van der Waals surface area contributed by atoms with Crippen molar-refractivity contribution < 1.29 is 4.79 Å². The number of carbonyl (C=O) groups excluding carboxylic acids is 1. The first kappa shape index (κ1) is 13.9. The number of rotatable bonds is 4. The fraction of sp³-hybridized carbons (Fsp3) is 0.188. The summed E-state index contributed by atoms with van der Waals surface area (Å²) in [7, 11) is 0. The maximum Gasteiger partial charge on any atom is 0.251 e.